The van der Waals surface area contributed by atoms with Crippen LogP contribution >= 0.6 is 0 Å². The summed E-state index contributed by atoms with van der Waals surface area (Å²) >= 11 is 0. The van der Waals surface area contributed by atoms with Crippen LogP contribution in [0.15, 0.2) is 0 Å². The molecule has 0 saturated carbocycles. The van der Waals surface area contributed by atoms with Gasteiger partial charge in [0.15, 0.2) is 0 Å². The summed E-state index contributed by atoms with van der Waals surface area (Å²) in [4.78, 5) is 13.1. The monoisotopic (exact) mass is 574 g/mol. The summed E-state index contributed by atoms with van der Waals surface area (Å²) in [6.07, 6.45) is 9.91. The van der Waals surface area contributed by atoms with E-state index in [0.29, 0.717) is 6.61 Å². The molecule has 0 N–H and O–H groups in total. The molecule has 0 aliphatic heterocycles. The van der Waals surface area contributed by atoms with Crippen molar-refractivity contribution in [3.63, 3.8) is 0 Å². The van der Waals surface area contributed by atoms with E-state index in [1.165, 1.54) is 12.0 Å². The van der Waals surface area contributed by atoms with Crippen molar-refractivity contribution >= 4 is 5.97 Å². The lowest BCUT2D eigenvalue weighted by molar-refractivity contribution is -0.149. The van der Waals surface area contributed by atoms with Gasteiger partial charge in [0.05, 0.1) is 19.8 Å². The van der Waals surface area contributed by atoms with Crippen LogP contribution in [-0.2, 0) is 19.0 Å². The molecule has 0 radical (unpaired) electrons. The third kappa shape index (κ3) is 25.6. The summed E-state index contributed by atoms with van der Waals surface area (Å²) in [5.74, 6) is 58.1. The predicted octanol–water partition coefficient (Wildman–Crippen LogP) is 7.10. The van der Waals surface area contributed by atoms with Crippen molar-refractivity contribution in [1.29, 1.82) is 0 Å². The van der Waals surface area contributed by atoms with Crippen LogP contribution in [0.4, 0.5) is 0 Å². The van der Waals surface area contributed by atoms with Gasteiger partial charge in [0, 0.05) is 133 Å². The van der Waals surface area contributed by atoms with Crippen molar-refractivity contribution in [2.24, 2.45) is 0 Å². The van der Waals surface area contributed by atoms with Crippen LogP contribution in [0.5, 0.6) is 0 Å². The van der Waals surface area contributed by atoms with Gasteiger partial charge in [-0.15, -0.1) is 12.8 Å². The van der Waals surface area contributed by atoms with Crippen molar-refractivity contribution in [3.8, 4) is 167 Å². The maximum Gasteiger partial charge on any atom is 0.332 e. The zero-order chi connectivity index (χ0) is 29.2. The summed E-state index contributed by atoms with van der Waals surface area (Å²) in [7, 11) is 1.53. The van der Waals surface area contributed by atoms with Crippen molar-refractivity contribution in [1.82, 2.24) is 4.90 Å². The van der Waals surface area contributed by atoms with Gasteiger partial charge in [-0.3, -0.25) is 4.90 Å². The second kappa shape index (κ2) is 28.3. The van der Waals surface area contributed by atoms with Gasteiger partial charge in [0.1, 0.15) is 13.2 Å². The smallest absolute Gasteiger partial charge is 0.332 e. The second-order valence-electron chi connectivity index (χ2n) is 5.68. The van der Waals surface area contributed by atoms with Crippen LogP contribution in [0.1, 0.15) is 42.8 Å². The van der Waals surface area contributed by atoms with Gasteiger partial charge in [0.2, 0.25) is 0 Å². The third-order valence-electron chi connectivity index (χ3n) is 3.01. The quantitative estimate of drug-likeness (QED) is 0.134. The molecule has 0 unspecified atom stereocenters. The van der Waals surface area contributed by atoms with E-state index in [1.807, 2.05) is 0 Å². The molecule has 0 atom stereocenters. The number of esters is 1. The lowest BCUT2D eigenvalue weighted by Gasteiger charge is -2.09. The molecule has 0 saturated heterocycles. The van der Waals surface area contributed by atoms with E-state index >= 15 is 0 Å². The van der Waals surface area contributed by atoms with E-state index in [2.05, 4.69) is 154 Å². The Kier molecular flexibility index (Phi) is 23.3. The largest absolute Gasteiger partial charge is 0.462 e. The lowest BCUT2D eigenvalue weighted by atomic mass is 10.5. The molecule has 0 rings (SSSR count). The van der Waals surface area contributed by atoms with Crippen molar-refractivity contribution < 1.29 is 61.8 Å². The van der Waals surface area contributed by atoms with E-state index in [4.69, 9.17) is 27.1 Å². The first-order valence-electron chi connectivity index (χ1n) is 10.7. The molecule has 244 valence electrons. The first kappa shape index (κ1) is 33.0. The Morgan fingerprint density at radius 2 is 0.950 bits per heavy atom. The molecular formula is C35H75NO4. The van der Waals surface area contributed by atoms with Crippen LogP contribution in [-0.4, -0.2) is 51.0 Å². The molecule has 0 aromatic rings. The molecule has 0 amide bonds. The van der Waals surface area contributed by atoms with Gasteiger partial charge in [0.25, 0.3) is 0 Å². The zero-order valence-corrected chi connectivity index (χ0v) is 21.3. The van der Waals surface area contributed by atoms with E-state index < -0.39 is 5.97 Å². The Hall–Kier alpha value is -6.97. The highest BCUT2D eigenvalue weighted by Gasteiger charge is 2.04. The van der Waals surface area contributed by atoms with Crippen LogP contribution in [0.3, 0.4) is 0 Å². The van der Waals surface area contributed by atoms with E-state index in [9.17, 15) is 4.79 Å². The summed E-state index contributed by atoms with van der Waals surface area (Å²) in [5, 5.41) is 0. The number of terminal acetylenes is 2. The molecule has 0 aliphatic rings. The lowest BCUT2D eigenvalue weighted by Crippen LogP contribution is -2.22. The van der Waals surface area contributed by atoms with Gasteiger partial charge in [-0.2, -0.15) is 0 Å². The fourth-order valence-corrected chi connectivity index (χ4v) is 1.56. The SMILES string of the molecule is C#CC#CC#CC#CC#CC#CC#CN(C#CC#CC#CC#CC#CC#CC#C)CCOC(=O)COCCOC.[HH].[HH].[HH].[HH].[HH].[HH].[HH].[HH].[HH].[HH].[HH].[HH].[HH].[HH].[HH].[HH].[HH].[HH].[HH].[HH].[HH].[HH].[HH].[HH].[HH].[HH].[HH].[HH].[HH].[HH]. The second-order valence-corrected chi connectivity index (χ2v) is 5.68. The average Bonchev–Trinajstić information content (AvgIpc) is 2.96. The average molecular weight is 574 g/mol. The van der Waals surface area contributed by atoms with E-state index in [0.717, 1.165) is 0 Å². The van der Waals surface area contributed by atoms with Crippen molar-refractivity contribution in [2.45, 2.75) is 0 Å². The molecule has 0 aliphatic carbocycles. The molecule has 0 fully saturated rings. The maximum absolute atomic E-state index is 11.7. The minimum absolute atomic E-state index is 0. The minimum atomic E-state index is -0.537. The molecule has 40 heavy (non-hydrogen) atoms. The first-order chi connectivity index (χ1) is 19.7. The van der Waals surface area contributed by atoms with Crippen LogP contribution in [0.2, 0.25) is 0 Å². The van der Waals surface area contributed by atoms with Crippen LogP contribution < -0.4 is 0 Å². The summed E-state index contributed by atoms with van der Waals surface area (Å²) in [6, 6.07) is 5.40. The molecule has 0 aromatic carbocycles. The molecule has 0 aromatic heterocycles. The van der Waals surface area contributed by atoms with Crippen LogP contribution in [0.25, 0.3) is 0 Å². The highest BCUT2D eigenvalue weighted by atomic mass is 16.6. The molecule has 5 heteroatoms. The topological polar surface area (TPSA) is 48.0 Å². The zero-order valence-electron chi connectivity index (χ0n) is 21.3. The Morgan fingerprint density at radius 1 is 0.575 bits per heavy atom. The molecule has 0 spiro atoms. The Bertz CT molecular complexity index is 1720. The van der Waals surface area contributed by atoms with Gasteiger partial charge in [-0.05, 0) is 71.0 Å². The highest BCUT2D eigenvalue weighted by Crippen LogP contribution is 1.87. The van der Waals surface area contributed by atoms with Gasteiger partial charge in [-0.1, -0.05) is 0 Å². The Labute approximate surface area is 281 Å². The van der Waals surface area contributed by atoms with Crippen molar-refractivity contribution in [2.75, 3.05) is 40.1 Å². The standard InChI is InChI=1S/C35H15NO4.30H2/c1-4-6-8-10-12-14-16-18-20-22-24-26-28-36(30-31-40-35(37)34-39-33-32-38-3)29-27-25-23-21-19-17-15-13-11-9-7-5-2;;;;;;;;;;;;;;;;;;;;;;;;;;;;;;/h1-2H,30-34H2,3H3;30*1H. The van der Waals surface area contributed by atoms with Crippen LogP contribution in [0, 0.1) is 167 Å². The van der Waals surface area contributed by atoms with Crippen molar-refractivity contribution in [3.05, 3.63) is 0 Å². The number of nitrogens with zero attached hydrogens (tertiary/aromatic N) is 1. The Morgan fingerprint density at radius 3 is 1.32 bits per heavy atom. The number of hydrogen-bond acceptors (Lipinski definition) is 5. The van der Waals surface area contributed by atoms with Gasteiger partial charge in [-0.25, -0.2) is 4.79 Å². The molecule has 5 nitrogen and oxygen atoms in total. The number of carbonyl (C=O) groups is 1. The maximum atomic E-state index is 11.7. The van der Waals surface area contributed by atoms with E-state index in [1.54, 1.807) is 0 Å². The molecule has 0 bridgehead atoms. The first-order valence-corrected chi connectivity index (χ1v) is 10.7. The number of rotatable bonds is 8. The minimum Gasteiger partial charge on any atom is -0.462 e. The van der Waals surface area contributed by atoms with E-state index in [-0.39, 0.29) is 69.2 Å². The Balaban J connectivity index is -0.0000000175. The van der Waals surface area contributed by atoms with Gasteiger partial charge < -0.3 is 14.2 Å². The number of carbonyl (C=O) groups excluding carboxylic acids is 1. The van der Waals surface area contributed by atoms with Gasteiger partial charge >= 0.3 is 5.97 Å². The number of methoxy groups -OCH3 is 1. The summed E-state index contributed by atoms with van der Waals surface area (Å²) < 4.78 is 15.0. The number of ether oxygens (including phenoxy) is 3. The summed E-state index contributed by atoms with van der Waals surface area (Å²) in [6.45, 7) is 0.604. The third-order valence-corrected chi connectivity index (χ3v) is 3.01. The molecule has 0 heterocycles. The molecular weight excluding hydrogens is 498 g/mol. The summed E-state index contributed by atoms with van der Waals surface area (Å²) in [5.41, 5.74) is 0. The normalized spacial score (nSPS) is 5.97. The fourth-order valence-electron chi connectivity index (χ4n) is 1.56. The highest BCUT2D eigenvalue weighted by molar-refractivity contribution is 5.70. The predicted molar refractivity (Wildman–Crippen MR) is 215 cm³/mol. The number of hydrogen-bond donors (Lipinski definition) is 0. The fraction of sp³-hybridized carbons (Fsp3) is 0.171.